The molecular weight excluding hydrogens is 256 g/mol. The molecule has 3 rings (SSSR count). The maximum Gasteiger partial charge on any atom is 0.204 e. The lowest BCUT2D eigenvalue weighted by Gasteiger charge is -2.11. The molecule has 0 spiro atoms. The average Bonchev–Trinajstić information content (AvgIpc) is 2.43. The van der Waals surface area contributed by atoms with E-state index >= 15 is 0 Å². The lowest BCUT2D eigenvalue weighted by atomic mass is 10.0. The van der Waals surface area contributed by atoms with Gasteiger partial charge in [0, 0.05) is 5.56 Å². The van der Waals surface area contributed by atoms with Crippen LogP contribution < -0.4 is 5.43 Å². The van der Waals surface area contributed by atoms with Crippen LogP contribution in [0, 0.1) is 20.8 Å². The van der Waals surface area contributed by atoms with Gasteiger partial charge in [-0.05, 0) is 38.0 Å². The van der Waals surface area contributed by atoms with Gasteiger partial charge in [-0.15, -0.1) is 0 Å². The highest BCUT2D eigenvalue weighted by Gasteiger charge is 2.20. The van der Waals surface area contributed by atoms with Crippen LogP contribution in [0.3, 0.4) is 0 Å². The second kappa shape index (κ2) is 4.00. The zero-order valence-corrected chi connectivity index (χ0v) is 11.4. The lowest BCUT2D eigenvalue weighted by molar-refractivity contribution is 0.404. The minimum absolute atomic E-state index is 0.0312. The Balaban J connectivity index is 2.72. The van der Waals surface area contributed by atoms with Crippen LogP contribution in [0.15, 0.2) is 27.4 Å². The molecule has 4 nitrogen and oxygen atoms in total. The molecule has 0 aliphatic carbocycles. The normalized spacial score (nSPS) is 11.3. The Morgan fingerprint density at radius 2 is 1.65 bits per heavy atom. The largest absolute Gasteiger partial charge is 0.504 e. The zero-order valence-electron chi connectivity index (χ0n) is 11.4. The third-order valence-corrected chi connectivity index (χ3v) is 3.83. The van der Waals surface area contributed by atoms with E-state index in [1.165, 1.54) is 0 Å². The summed E-state index contributed by atoms with van der Waals surface area (Å²) in [6.07, 6.45) is 0. The zero-order chi connectivity index (χ0) is 14.6. The van der Waals surface area contributed by atoms with Gasteiger partial charge in [0.15, 0.2) is 11.5 Å². The van der Waals surface area contributed by atoms with E-state index in [1.807, 2.05) is 13.0 Å². The minimum Gasteiger partial charge on any atom is -0.504 e. The van der Waals surface area contributed by atoms with E-state index < -0.39 is 5.75 Å². The molecule has 1 heterocycles. The molecule has 4 heteroatoms. The molecule has 0 radical (unpaired) electrons. The number of hydrogen-bond acceptors (Lipinski definition) is 4. The predicted molar refractivity (Wildman–Crippen MR) is 77.5 cm³/mol. The molecule has 0 aliphatic rings. The molecule has 0 bridgehead atoms. The second-order valence-corrected chi connectivity index (χ2v) is 5.03. The van der Waals surface area contributed by atoms with Crippen LogP contribution in [-0.2, 0) is 0 Å². The van der Waals surface area contributed by atoms with E-state index in [2.05, 4.69) is 0 Å². The van der Waals surface area contributed by atoms with E-state index in [1.54, 1.807) is 26.0 Å². The summed E-state index contributed by atoms with van der Waals surface area (Å²) >= 11 is 0. The van der Waals surface area contributed by atoms with Crippen molar-refractivity contribution >= 4 is 21.9 Å². The highest BCUT2D eigenvalue weighted by atomic mass is 16.3. The molecule has 1 aromatic heterocycles. The van der Waals surface area contributed by atoms with Crippen molar-refractivity contribution < 1.29 is 14.6 Å². The molecule has 3 aromatic rings. The van der Waals surface area contributed by atoms with Crippen molar-refractivity contribution in [3.63, 3.8) is 0 Å². The van der Waals surface area contributed by atoms with Gasteiger partial charge in [-0.3, -0.25) is 4.79 Å². The first-order valence-electron chi connectivity index (χ1n) is 6.30. The molecule has 0 aliphatic heterocycles. The quantitative estimate of drug-likeness (QED) is 0.486. The summed E-state index contributed by atoms with van der Waals surface area (Å²) in [4.78, 5) is 12.5. The Kier molecular flexibility index (Phi) is 2.51. The fraction of sp³-hybridized carbons (Fsp3) is 0.188. The van der Waals surface area contributed by atoms with Gasteiger partial charge in [-0.2, -0.15) is 0 Å². The van der Waals surface area contributed by atoms with Crippen molar-refractivity contribution in [2.24, 2.45) is 0 Å². The van der Waals surface area contributed by atoms with Crippen molar-refractivity contribution in [2.45, 2.75) is 20.8 Å². The Hall–Kier alpha value is -2.49. The average molecular weight is 270 g/mol. The number of hydrogen-bond donors (Lipinski definition) is 2. The summed E-state index contributed by atoms with van der Waals surface area (Å²) < 4.78 is 5.83. The molecule has 102 valence electrons. The Labute approximate surface area is 114 Å². The number of para-hydroxylation sites is 1. The number of aromatic hydroxyl groups is 2. The summed E-state index contributed by atoms with van der Waals surface area (Å²) in [5.74, 6) is -0.686. The van der Waals surface area contributed by atoms with E-state index in [4.69, 9.17) is 4.42 Å². The monoisotopic (exact) mass is 270 g/mol. The number of phenolic OH excluding ortho intramolecular Hbond substituents is 2. The molecule has 0 atom stereocenters. The fourth-order valence-electron chi connectivity index (χ4n) is 2.48. The molecular formula is C16H14O4. The van der Waals surface area contributed by atoms with Crippen LogP contribution in [0.25, 0.3) is 21.9 Å². The van der Waals surface area contributed by atoms with Gasteiger partial charge in [-0.1, -0.05) is 12.1 Å². The number of benzene rings is 2. The molecule has 0 fully saturated rings. The number of fused-ring (bicyclic) bond motifs is 2. The van der Waals surface area contributed by atoms with Crippen LogP contribution in [0.5, 0.6) is 11.5 Å². The minimum atomic E-state index is -0.416. The smallest absolute Gasteiger partial charge is 0.204 e. The highest BCUT2D eigenvalue weighted by Crippen LogP contribution is 2.39. The molecule has 0 unspecified atom stereocenters. The second-order valence-electron chi connectivity index (χ2n) is 5.03. The van der Waals surface area contributed by atoms with Crippen molar-refractivity contribution in [1.29, 1.82) is 0 Å². The molecule has 20 heavy (non-hydrogen) atoms. The maximum absolute atomic E-state index is 12.5. The van der Waals surface area contributed by atoms with Gasteiger partial charge in [0.25, 0.3) is 0 Å². The standard InChI is InChI=1S/C16H14O4/c1-7-5-4-6-10-13(18)11-14(19)12(17)8(2)9(3)16(11)20-15(7)10/h4-6,17,19H,1-3H3. The first-order valence-corrected chi connectivity index (χ1v) is 6.30. The molecule has 2 N–H and O–H groups in total. The van der Waals surface area contributed by atoms with Gasteiger partial charge in [-0.25, -0.2) is 0 Å². The van der Waals surface area contributed by atoms with E-state index in [9.17, 15) is 15.0 Å². The van der Waals surface area contributed by atoms with Crippen LogP contribution in [0.1, 0.15) is 16.7 Å². The SMILES string of the molecule is Cc1c(O)c(O)c2c(=O)c3cccc(C)c3oc2c1C. The first-order chi connectivity index (χ1) is 9.43. The third-order valence-electron chi connectivity index (χ3n) is 3.83. The highest BCUT2D eigenvalue weighted by molar-refractivity contribution is 5.97. The maximum atomic E-state index is 12.5. The molecule has 0 amide bonds. The molecule has 2 aromatic carbocycles. The third kappa shape index (κ3) is 1.45. The Morgan fingerprint density at radius 3 is 2.35 bits per heavy atom. The van der Waals surface area contributed by atoms with Gasteiger partial charge in [0.05, 0.1) is 5.39 Å². The predicted octanol–water partition coefficient (Wildman–Crippen LogP) is 3.28. The van der Waals surface area contributed by atoms with Crippen LogP contribution in [0.4, 0.5) is 0 Å². The first kappa shape index (κ1) is 12.5. The molecule has 0 saturated carbocycles. The summed E-state index contributed by atoms with van der Waals surface area (Å²) in [6.45, 7) is 5.29. The van der Waals surface area contributed by atoms with Crippen molar-refractivity contribution in [3.8, 4) is 11.5 Å². The van der Waals surface area contributed by atoms with E-state index in [0.717, 1.165) is 5.56 Å². The van der Waals surface area contributed by atoms with Crippen LogP contribution in [-0.4, -0.2) is 10.2 Å². The van der Waals surface area contributed by atoms with E-state index in [0.29, 0.717) is 27.7 Å². The summed E-state index contributed by atoms with van der Waals surface area (Å²) in [6, 6.07) is 5.28. The summed E-state index contributed by atoms with van der Waals surface area (Å²) in [5, 5.41) is 20.4. The van der Waals surface area contributed by atoms with Gasteiger partial charge >= 0.3 is 0 Å². The molecule has 0 saturated heterocycles. The summed E-state index contributed by atoms with van der Waals surface area (Å²) in [5.41, 5.74) is 2.51. The Morgan fingerprint density at radius 1 is 0.950 bits per heavy atom. The number of aryl methyl sites for hydroxylation is 2. The summed E-state index contributed by atoms with van der Waals surface area (Å²) in [7, 11) is 0. The van der Waals surface area contributed by atoms with Crippen LogP contribution in [0.2, 0.25) is 0 Å². The number of rotatable bonds is 0. The van der Waals surface area contributed by atoms with Crippen LogP contribution >= 0.6 is 0 Å². The van der Waals surface area contributed by atoms with Gasteiger partial charge < -0.3 is 14.6 Å². The van der Waals surface area contributed by atoms with E-state index in [-0.39, 0.29) is 16.6 Å². The van der Waals surface area contributed by atoms with Crippen molar-refractivity contribution in [2.75, 3.05) is 0 Å². The fourth-order valence-corrected chi connectivity index (χ4v) is 2.48. The Bertz CT molecular complexity index is 920. The van der Waals surface area contributed by atoms with Gasteiger partial charge in [0.2, 0.25) is 5.43 Å². The van der Waals surface area contributed by atoms with Crippen molar-refractivity contribution in [3.05, 3.63) is 45.1 Å². The van der Waals surface area contributed by atoms with Gasteiger partial charge in [0.1, 0.15) is 16.6 Å². The number of phenols is 2. The lowest BCUT2D eigenvalue weighted by Crippen LogP contribution is -2.05. The van der Waals surface area contributed by atoms with Crippen molar-refractivity contribution in [1.82, 2.24) is 0 Å². The topological polar surface area (TPSA) is 70.7 Å².